The lowest BCUT2D eigenvalue weighted by molar-refractivity contribution is -0.137. The van der Waals surface area contributed by atoms with Gasteiger partial charge in [-0.3, -0.25) is 0 Å². The van der Waals surface area contributed by atoms with E-state index >= 15 is 0 Å². The number of benzene rings is 1. The lowest BCUT2D eigenvalue weighted by Gasteiger charge is -2.29. The van der Waals surface area contributed by atoms with E-state index in [1.807, 2.05) is 0 Å². The maximum absolute atomic E-state index is 12.7. The highest BCUT2D eigenvalue weighted by molar-refractivity contribution is 5.48. The van der Waals surface area contributed by atoms with Gasteiger partial charge in [0.1, 0.15) is 5.75 Å². The molecule has 1 aliphatic carbocycles. The molecule has 0 bridgehead atoms. The molecule has 0 heterocycles. The van der Waals surface area contributed by atoms with Crippen LogP contribution in [0.3, 0.4) is 0 Å². The van der Waals surface area contributed by atoms with Crippen LogP contribution in [0.4, 0.5) is 18.9 Å². The number of ether oxygens (including phenoxy) is 1. The Morgan fingerprint density at radius 3 is 2.65 bits per heavy atom. The first-order valence-corrected chi connectivity index (χ1v) is 7.03. The Morgan fingerprint density at radius 2 is 2.00 bits per heavy atom. The van der Waals surface area contributed by atoms with E-state index in [0.717, 1.165) is 37.8 Å². The average Bonchev–Trinajstić information content (AvgIpc) is 2.37. The fourth-order valence-electron chi connectivity index (χ4n) is 2.77. The van der Waals surface area contributed by atoms with E-state index < -0.39 is 11.7 Å². The Bertz CT molecular complexity index is 459. The van der Waals surface area contributed by atoms with E-state index in [1.165, 1.54) is 12.5 Å². The number of hydrogen-bond acceptors (Lipinski definition) is 2. The summed E-state index contributed by atoms with van der Waals surface area (Å²) in [4.78, 5) is 0. The first kappa shape index (κ1) is 15.0. The summed E-state index contributed by atoms with van der Waals surface area (Å²) >= 11 is 0. The molecule has 2 atom stereocenters. The van der Waals surface area contributed by atoms with Gasteiger partial charge >= 0.3 is 6.18 Å². The fourth-order valence-corrected chi connectivity index (χ4v) is 2.77. The fraction of sp³-hybridized carbons (Fsp3) is 0.600. The van der Waals surface area contributed by atoms with Crippen molar-refractivity contribution in [3.8, 4) is 5.75 Å². The third-order valence-electron chi connectivity index (χ3n) is 3.87. The lowest BCUT2D eigenvalue weighted by Crippen LogP contribution is -2.25. The van der Waals surface area contributed by atoms with Gasteiger partial charge in [0, 0.05) is 11.8 Å². The lowest BCUT2D eigenvalue weighted by atomic mass is 9.85. The van der Waals surface area contributed by atoms with Gasteiger partial charge in [-0.1, -0.05) is 19.8 Å². The van der Waals surface area contributed by atoms with E-state index in [9.17, 15) is 13.2 Å². The van der Waals surface area contributed by atoms with Gasteiger partial charge in [0.2, 0.25) is 0 Å². The summed E-state index contributed by atoms with van der Waals surface area (Å²) in [5.74, 6) is 0.830. The number of anilines is 1. The molecule has 2 nitrogen and oxygen atoms in total. The number of nitrogen functional groups attached to an aromatic ring is 1. The van der Waals surface area contributed by atoms with Crippen LogP contribution in [0.15, 0.2) is 18.2 Å². The molecule has 1 saturated carbocycles. The van der Waals surface area contributed by atoms with Crippen LogP contribution in [0.5, 0.6) is 5.75 Å². The smallest absolute Gasteiger partial charge is 0.416 e. The predicted octanol–water partition coefficient (Wildman–Crippen LogP) is 4.64. The number of halogens is 3. The standard InChI is InChI=1S/C15H20F3NO/c1-2-10-4-3-5-13(6-10)20-14-8-11(15(16,17)18)7-12(19)9-14/h7-10,13H,2-6,19H2,1H3. The summed E-state index contributed by atoms with van der Waals surface area (Å²) in [5, 5.41) is 0. The first-order valence-electron chi connectivity index (χ1n) is 7.03. The summed E-state index contributed by atoms with van der Waals surface area (Å²) < 4.78 is 43.9. The molecule has 2 rings (SSSR count). The number of alkyl halides is 3. The zero-order chi connectivity index (χ0) is 14.8. The van der Waals surface area contributed by atoms with E-state index in [0.29, 0.717) is 5.92 Å². The number of rotatable bonds is 3. The van der Waals surface area contributed by atoms with Gasteiger partial charge in [-0.2, -0.15) is 13.2 Å². The first-order chi connectivity index (χ1) is 9.38. The average molecular weight is 287 g/mol. The highest BCUT2D eigenvalue weighted by Crippen LogP contribution is 2.35. The van der Waals surface area contributed by atoms with Crippen LogP contribution in [0, 0.1) is 5.92 Å². The molecule has 0 aromatic heterocycles. The molecule has 0 saturated heterocycles. The van der Waals surface area contributed by atoms with Crippen LogP contribution in [0.1, 0.15) is 44.6 Å². The summed E-state index contributed by atoms with van der Waals surface area (Å²) in [6, 6.07) is 3.43. The highest BCUT2D eigenvalue weighted by atomic mass is 19.4. The van der Waals surface area contributed by atoms with Gasteiger partial charge in [-0.25, -0.2) is 0 Å². The molecular weight excluding hydrogens is 267 g/mol. The SMILES string of the molecule is CCC1CCCC(Oc2cc(N)cc(C(F)(F)F)c2)C1. The molecule has 112 valence electrons. The van der Waals surface area contributed by atoms with Crippen LogP contribution >= 0.6 is 0 Å². The van der Waals surface area contributed by atoms with Crippen LogP contribution in [-0.2, 0) is 6.18 Å². The Balaban J connectivity index is 2.11. The second kappa shape index (κ2) is 5.94. The van der Waals surface area contributed by atoms with Crippen LogP contribution in [0.25, 0.3) is 0 Å². The second-order valence-electron chi connectivity index (χ2n) is 5.47. The van der Waals surface area contributed by atoms with Crippen molar-refractivity contribution < 1.29 is 17.9 Å². The molecule has 1 aliphatic rings. The molecule has 1 aromatic carbocycles. The summed E-state index contributed by atoms with van der Waals surface area (Å²) in [6.45, 7) is 2.13. The van der Waals surface area contributed by atoms with Gasteiger partial charge in [-0.15, -0.1) is 0 Å². The number of hydrogen-bond donors (Lipinski definition) is 1. The van der Waals surface area contributed by atoms with Gasteiger partial charge in [-0.05, 0) is 37.3 Å². The molecule has 0 radical (unpaired) electrons. The molecule has 1 aromatic rings. The molecule has 5 heteroatoms. The largest absolute Gasteiger partial charge is 0.490 e. The Kier molecular flexibility index (Phi) is 4.45. The minimum absolute atomic E-state index is 0.00316. The summed E-state index contributed by atoms with van der Waals surface area (Å²) in [5.41, 5.74) is 4.86. The third kappa shape index (κ3) is 3.81. The van der Waals surface area contributed by atoms with Crippen molar-refractivity contribution in [3.05, 3.63) is 23.8 Å². The van der Waals surface area contributed by atoms with Crippen molar-refractivity contribution in [1.82, 2.24) is 0 Å². The van der Waals surface area contributed by atoms with Crippen molar-refractivity contribution in [2.75, 3.05) is 5.73 Å². The van der Waals surface area contributed by atoms with Gasteiger partial charge in [0.15, 0.2) is 0 Å². The minimum atomic E-state index is -4.40. The van der Waals surface area contributed by atoms with Crippen LogP contribution < -0.4 is 10.5 Å². The zero-order valence-electron chi connectivity index (χ0n) is 11.5. The zero-order valence-corrected chi connectivity index (χ0v) is 11.5. The highest BCUT2D eigenvalue weighted by Gasteiger charge is 2.31. The van der Waals surface area contributed by atoms with E-state index in [2.05, 4.69) is 6.92 Å². The molecule has 0 spiro atoms. The van der Waals surface area contributed by atoms with Crippen molar-refractivity contribution in [1.29, 1.82) is 0 Å². The molecule has 20 heavy (non-hydrogen) atoms. The Hall–Kier alpha value is -1.39. The van der Waals surface area contributed by atoms with Crippen molar-refractivity contribution in [2.45, 2.75) is 51.3 Å². The Morgan fingerprint density at radius 1 is 1.25 bits per heavy atom. The normalized spacial score (nSPS) is 23.6. The summed E-state index contributed by atoms with van der Waals surface area (Å²) in [7, 11) is 0. The van der Waals surface area contributed by atoms with E-state index in [-0.39, 0.29) is 17.5 Å². The topological polar surface area (TPSA) is 35.2 Å². The second-order valence-corrected chi connectivity index (χ2v) is 5.47. The molecule has 1 fully saturated rings. The molecule has 0 aliphatic heterocycles. The van der Waals surface area contributed by atoms with E-state index in [4.69, 9.17) is 10.5 Å². The number of nitrogens with two attached hydrogens (primary N) is 1. The van der Waals surface area contributed by atoms with Gasteiger partial charge in [0.25, 0.3) is 0 Å². The van der Waals surface area contributed by atoms with Crippen molar-refractivity contribution >= 4 is 5.69 Å². The van der Waals surface area contributed by atoms with Gasteiger partial charge < -0.3 is 10.5 Å². The van der Waals surface area contributed by atoms with Crippen LogP contribution in [-0.4, -0.2) is 6.10 Å². The maximum atomic E-state index is 12.7. The summed E-state index contributed by atoms with van der Waals surface area (Å²) in [6.07, 6.45) is 0.741. The molecule has 2 N–H and O–H groups in total. The third-order valence-corrected chi connectivity index (χ3v) is 3.87. The maximum Gasteiger partial charge on any atom is 0.416 e. The quantitative estimate of drug-likeness (QED) is 0.822. The monoisotopic (exact) mass is 287 g/mol. The van der Waals surface area contributed by atoms with Gasteiger partial charge in [0.05, 0.1) is 11.7 Å². The predicted molar refractivity (Wildman–Crippen MR) is 72.5 cm³/mol. The van der Waals surface area contributed by atoms with E-state index in [1.54, 1.807) is 0 Å². The molecule has 2 unspecified atom stereocenters. The van der Waals surface area contributed by atoms with Crippen molar-refractivity contribution in [3.63, 3.8) is 0 Å². The molecular formula is C15H20F3NO. The minimum Gasteiger partial charge on any atom is -0.490 e. The molecule has 0 amide bonds. The Labute approximate surface area is 117 Å². The van der Waals surface area contributed by atoms with Crippen LogP contribution in [0.2, 0.25) is 0 Å². The van der Waals surface area contributed by atoms with Crippen molar-refractivity contribution in [2.24, 2.45) is 5.92 Å².